The van der Waals surface area contributed by atoms with Crippen molar-refractivity contribution in [1.82, 2.24) is 10.2 Å². The van der Waals surface area contributed by atoms with Gasteiger partial charge in [-0.2, -0.15) is 0 Å². The Balaban J connectivity index is 1.20. The number of piperidine rings is 3. The van der Waals surface area contributed by atoms with E-state index in [1.165, 1.54) is 38.0 Å². The van der Waals surface area contributed by atoms with E-state index in [-0.39, 0.29) is 41.3 Å². The van der Waals surface area contributed by atoms with E-state index in [1.54, 1.807) is 18.2 Å². The van der Waals surface area contributed by atoms with Gasteiger partial charge < -0.3 is 29.0 Å². The molecule has 3 atom stereocenters. The standard InChI is InChI=1S/C37H39Cl2N3O7S/c1-47-32-11-8-24(16-34(32)48-2)33(18-28-30(38)21-42(46)22-31(28)39)49-35(43)17-26-9-10-27(50-26)19-40-37(36(44)45,25-6-4-3-5-7-25)29-20-41-14-12-23(29)13-15-41/h3-11,16,21-23,29,33,40H,12-15,17-20H2,1-2H3,(H-,44,45,46)/t29-,33-,37?/m0/s1. The number of fused-ring (bicyclic) bond motifs is 3. The van der Waals surface area contributed by atoms with Gasteiger partial charge in [-0.05, 0) is 67.2 Å². The fourth-order valence-electron chi connectivity index (χ4n) is 7.33. The highest BCUT2D eigenvalue weighted by atomic mass is 35.5. The minimum Gasteiger partial charge on any atom is -0.548 e. The minimum absolute atomic E-state index is 0.00861. The molecule has 0 amide bonds. The Morgan fingerprint density at radius 3 is 2.32 bits per heavy atom. The molecule has 0 spiro atoms. The summed E-state index contributed by atoms with van der Waals surface area (Å²) in [6.45, 7) is 2.97. The molecule has 1 unspecified atom stereocenters. The fraction of sp³-hybridized carbons (Fsp3) is 0.378. The normalized spacial score (nSPS) is 20.1. The molecule has 2 N–H and O–H groups in total. The molecule has 3 aliphatic heterocycles. The van der Waals surface area contributed by atoms with Crippen LogP contribution < -0.4 is 24.6 Å². The SMILES string of the molecule is COc1ccc([C@H](Cc2c(Cl)c[n+](O)cc2Cl)OC(=O)Cc2ccc(CNC(C(=O)[O-])(c3ccccc3)[C@H]3CN4CCC3CC4)s2)cc1OC. The lowest BCUT2D eigenvalue weighted by molar-refractivity contribution is -0.904. The number of pyridine rings is 1. The monoisotopic (exact) mass is 739 g/mol. The second-order valence-corrected chi connectivity index (χ2v) is 14.8. The first-order valence-electron chi connectivity index (χ1n) is 16.4. The van der Waals surface area contributed by atoms with E-state index in [1.807, 2.05) is 42.5 Å². The van der Waals surface area contributed by atoms with Crippen molar-refractivity contribution in [3.63, 3.8) is 0 Å². The molecule has 7 rings (SSSR count). The van der Waals surface area contributed by atoms with Gasteiger partial charge >= 0.3 is 5.97 Å². The van der Waals surface area contributed by atoms with Crippen LogP contribution in [0.4, 0.5) is 0 Å². The average molecular weight is 741 g/mol. The number of nitrogens with one attached hydrogen (secondary N) is 1. The van der Waals surface area contributed by atoms with E-state index >= 15 is 0 Å². The topological polar surface area (TPSA) is 124 Å². The molecule has 5 heterocycles. The summed E-state index contributed by atoms with van der Waals surface area (Å²) in [6, 6.07) is 18.3. The summed E-state index contributed by atoms with van der Waals surface area (Å²) in [4.78, 5) is 30.6. The number of carbonyl (C=O) groups is 2. The molecule has 2 bridgehead atoms. The van der Waals surface area contributed by atoms with Crippen molar-refractivity contribution in [2.24, 2.45) is 11.8 Å². The highest BCUT2D eigenvalue weighted by Crippen LogP contribution is 2.44. The number of benzene rings is 2. The van der Waals surface area contributed by atoms with Gasteiger partial charge in [0.15, 0.2) is 11.5 Å². The molecule has 13 heteroatoms. The van der Waals surface area contributed by atoms with Crippen LogP contribution in [0.1, 0.15) is 45.4 Å². The van der Waals surface area contributed by atoms with Crippen LogP contribution in [0.3, 0.4) is 0 Å². The van der Waals surface area contributed by atoms with Crippen molar-refractivity contribution in [3.05, 3.63) is 110 Å². The lowest BCUT2D eigenvalue weighted by Gasteiger charge is -2.54. The van der Waals surface area contributed by atoms with Crippen molar-refractivity contribution < 1.29 is 38.8 Å². The highest BCUT2D eigenvalue weighted by Gasteiger charge is 2.49. The number of ether oxygens (including phenoxy) is 3. The van der Waals surface area contributed by atoms with Gasteiger partial charge in [0.1, 0.15) is 16.1 Å². The zero-order valence-electron chi connectivity index (χ0n) is 27.8. The smallest absolute Gasteiger partial charge is 0.311 e. The van der Waals surface area contributed by atoms with Gasteiger partial charge in [-0.1, -0.05) is 59.6 Å². The van der Waals surface area contributed by atoms with Crippen LogP contribution in [0.15, 0.2) is 73.1 Å². The average Bonchev–Trinajstić information content (AvgIpc) is 3.57. The molecule has 3 saturated heterocycles. The maximum atomic E-state index is 13.5. The molecule has 0 saturated carbocycles. The van der Waals surface area contributed by atoms with Crippen LogP contribution in [-0.4, -0.2) is 55.9 Å². The summed E-state index contributed by atoms with van der Waals surface area (Å²) in [5, 5.41) is 26.9. The molecule has 10 nitrogen and oxygen atoms in total. The molecular formula is C37H39Cl2N3O7S. The fourth-order valence-corrected chi connectivity index (χ4v) is 8.88. The Bertz CT molecular complexity index is 1810. The van der Waals surface area contributed by atoms with E-state index in [2.05, 4.69) is 10.2 Å². The second kappa shape index (κ2) is 15.6. The Morgan fingerprint density at radius 1 is 1.02 bits per heavy atom. The molecule has 4 aromatic rings. The van der Waals surface area contributed by atoms with E-state index in [4.69, 9.17) is 37.4 Å². The summed E-state index contributed by atoms with van der Waals surface area (Å²) < 4.78 is 17.7. The lowest BCUT2D eigenvalue weighted by Crippen LogP contribution is -2.66. The maximum Gasteiger partial charge on any atom is 0.311 e. The van der Waals surface area contributed by atoms with Crippen LogP contribution in [0.5, 0.6) is 11.5 Å². The Hall–Kier alpha value is -3.87. The summed E-state index contributed by atoms with van der Waals surface area (Å²) in [5.74, 6) is -0.496. The third kappa shape index (κ3) is 7.57. The molecule has 2 aromatic carbocycles. The number of carboxylic acids is 1. The molecule has 2 aromatic heterocycles. The number of thiophene rings is 1. The van der Waals surface area contributed by atoms with Gasteiger partial charge in [0.2, 0.25) is 12.4 Å². The number of rotatable bonds is 14. The molecular weight excluding hydrogens is 701 g/mol. The van der Waals surface area contributed by atoms with Gasteiger partial charge in [0, 0.05) is 45.5 Å². The van der Waals surface area contributed by atoms with Gasteiger partial charge in [-0.25, -0.2) is 0 Å². The van der Waals surface area contributed by atoms with Crippen LogP contribution >= 0.6 is 34.5 Å². The van der Waals surface area contributed by atoms with Crippen molar-refractivity contribution in [3.8, 4) is 11.5 Å². The third-order valence-electron chi connectivity index (χ3n) is 9.85. The predicted molar refractivity (Wildman–Crippen MR) is 187 cm³/mol. The van der Waals surface area contributed by atoms with Gasteiger partial charge in [-0.3, -0.25) is 15.3 Å². The highest BCUT2D eigenvalue weighted by molar-refractivity contribution is 7.12. The number of aromatic nitrogens is 1. The molecule has 50 heavy (non-hydrogen) atoms. The quantitative estimate of drug-likeness (QED) is 0.107. The van der Waals surface area contributed by atoms with Crippen molar-refractivity contribution in [2.45, 2.75) is 43.9 Å². The number of hydrogen-bond acceptors (Lipinski definition) is 10. The molecule has 0 aliphatic carbocycles. The lowest BCUT2D eigenvalue weighted by atomic mass is 9.65. The second-order valence-electron chi connectivity index (χ2n) is 12.7. The van der Waals surface area contributed by atoms with Crippen LogP contribution in [-0.2, 0) is 39.3 Å². The summed E-state index contributed by atoms with van der Waals surface area (Å²) >= 11 is 14.3. The molecule has 3 aliphatic rings. The number of esters is 1. The Morgan fingerprint density at radius 2 is 1.70 bits per heavy atom. The third-order valence-corrected chi connectivity index (χ3v) is 11.6. The number of carbonyl (C=O) groups excluding carboxylic acids is 2. The van der Waals surface area contributed by atoms with E-state index in [9.17, 15) is 19.9 Å². The van der Waals surface area contributed by atoms with Crippen LogP contribution in [0.2, 0.25) is 10.0 Å². The van der Waals surface area contributed by atoms with Crippen molar-refractivity contribution >= 4 is 46.5 Å². The summed E-state index contributed by atoms with van der Waals surface area (Å²) in [5.41, 5.74) is 0.448. The van der Waals surface area contributed by atoms with Gasteiger partial charge in [-0.15, -0.1) is 11.3 Å². The molecule has 264 valence electrons. The van der Waals surface area contributed by atoms with Gasteiger partial charge in [0.05, 0.1) is 32.1 Å². The first-order chi connectivity index (χ1) is 24.1. The summed E-state index contributed by atoms with van der Waals surface area (Å²) in [6.07, 6.45) is 3.86. The van der Waals surface area contributed by atoms with E-state index < -0.39 is 23.6 Å². The number of aliphatic carboxylic acids is 1. The number of carboxylic acid groups (broad SMARTS) is 1. The minimum atomic E-state index is -1.37. The van der Waals surface area contributed by atoms with Crippen molar-refractivity contribution in [1.29, 1.82) is 0 Å². The van der Waals surface area contributed by atoms with Crippen LogP contribution in [0.25, 0.3) is 0 Å². The number of methoxy groups -OCH3 is 2. The van der Waals surface area contributed by atoms with Crippen molar-refractivity contribution in [2.75, 3.05) is 33.9 Å². The first kappa shape index (κ1) is 35.9. The van der Waals surface area contributed by atoms with E-state index in [0.717, 1.165) is 40.4 Å². The number of hydrogen-bond donors (Lipinski definition) is 2. The Kier molecular flexibility index (Phi) is 11.2. The largest absolute Gasteiger partial charge is 0.548 e. The number of halogens is 2. The zero-order valence-corrected chi connectivity index (χ0v) is 30.1. The van der Waals surface area contributed by atoms with E-state index in [0.29, 0.717) is 34.7 Å². The summed E-state index contributed by atoms with van der Waals surface area (Å²) in [7, 11) is 3.05. The first-order valence-corrected chi connectivity index (χ1v) is 18.0. The number of nitrogens with zero attached hydrogens (tertiary/aromatic N) is 2. The molecule has 0 radical (unpaired) electrons. The zero-order chi connectivity index (χ0) is 35.4. The predicted octanol–water partition coefficient (Wildman–Crippen LogP) is 4.74. The maximum absolute atomic E-state index is 13.5. The molecule has 3 fully saturated rings. The van der Waals surface area contributed by atoms with Gasteiger partial charge in [0.25, 0.3) is 0 Å². The Labute approximate surface area is 305 Å². The van der Waals surface area contributed by atoms with Crippen LogP contribution in [0, 0.1) is 11.8 Å².